The van der Waals surface area contributed by atoms with Crippen molar-refractivity contribution in [3.8, 4) is 0 Å². The maximum atomic E-state index is 6.13. The van der Waals surface area contributed by atoms with E-state index in [9.17, 15) is 0 Å². The molecule has 0 radical (unpaired) electrons. The van der Waals surface area contributed by atoms with E-state index >= 15 is 0 Å². The summed E-state index contributed by atoms with van der Waals surface area (Å²) in [5.74, 6) is 0. The molecule has 19 heavy (non-hydrogen) atoms. The summed E-state index contributed by atoms with van der Waals surface area (Å²) in [7, 11) is 0. The van der Waals surface area contributed by atoms with Crippen LogP contribution in [-0.4, -0.2) is 16.3 Å². The summed E-state index contributed by atoms with van der Waals surface area (Å²) in [5, 5.41) is 8.58. The molecule has 0 fully saturated rings. The third-order valence-electron chi connectivity index (χ3n) is 3.02. The van der Waals surface area contributed by atoms with Gasteiger partial charge >= 0.3 is 0 Å². The molecule has 1 heterocycles. The average Bonchev–Trinajstić information content (AvgIpc) is 2.87. The van der Waals surface area contributed by atoms with Crippen LogP contribution in [0.2, 0.25) is 5.02 Å². The smallest absolute Gasteiger partial charge is 0.0759 e. The molecule has 0 bridgehead atoms. The summed E-state index contributed by atoms with van der Waals surface area (Å²) in [5.41, 5.74) is 2.27. The standard InChI is InChI=1S/C14H17BrClN3/c1-3-17-14(13-7-8-18-19(13)4-2)11-9-10(16)5-6-12(11)15/h5-9,14,17H,3-4H2,1-2H3. The molecule has 3 nitrogen and oxygen atoms in total. The molecule has 0 aliphatic rings. The van der Waals surface area contributed by atoms with Crippen molar-refractivity contribution in [2.24, 2.45) is 0 Å². The highest BCUT2D eigenvalue weighted by atomic mass is 79.9. The van der Waals surface area contributed by atoms with E-state index in [1.807, 2.05) is 35.1 Å². The van der Waals surface area contributed by atoms with E-state index < -0.39 is 0 Å². The molecule has 0 saturated carbocycles. The third kappa shape index (κ3) is 3.19. The van der Waals surface area contributed by atoms with Crippen LogP contribution in [0, 0.1) is 0 Å². The van der Waals surface area contributed by atoms with Crippen LogP contribution in [0.15, 0.2) is 34.9 Å². The number of halogens is 2. The molecule has 2 rings (SSSR count). The quantitative estimate of drug-likeness (QED) is 0.889. The van der Waals surface area contributed by atoms with E-state index in [0.29, 0.717) is 0 Å². The van der Waals surface area contributed by atoms with Crippen molar-refractivity contribution in [1.82, 2.24) is 15.1 Å². The summed E-state index contributed by atoms with van der Waals surface area (Å²) in [6.07, 6.45) is 1.83. The average molecular weight is 343 g/mol. The van der Waals surface area contributed by atoms with Crippen molar-refractivity contribution >= 4 is 27.5 Å². The molecule has 2 aromatic rings. The first-order chi connectivity index (χ1) is 9.17. The highest BCUT2D eigenvalue weighted by Crippen LogP contribution is 2.30. The minimum Gasteiger partial charge on any atom is -0.305 e. The number of aromatic nitrogens is 2. The second-order valence-electron chi connectivity index (χ2n) is 4.23. The highest BCUT2D eigenvalue weighted by molar-refractivity contribution is 9.10. The van der Waals surface area contributed by atoms with Crippen LogP contribution in [0.5, 0.6) is 0 Å². The fourth-order valence-corrected chi connectivity index (χ4v) is 2.82. The molecule has 5 heteroatoms. The van der Waals surface area contributed by atoms with Crippen molar-refractivity contribution in [1.29, 1.82) is 0 Å². The van der Waals surface area contributed by atoms with Crippen LogP contribution >= 0.6 is 27.5 Å². The molecule has 0 saturated heterocycles. The minimum absolute atomic E-state index is 0.0838. The summed E-state index contributed by atoms with van der Waals surface area (Å²) >= 11 is 9.73. The lowest BCUT2D eigenvalue weighted by molar-refractivity contribution is 0.541. The zero-order valence-electron chi connectivity index (χ0n) is 11.0. The van der Waals surface area contributed by atoms with Gasteiger partial charge in [-0.15, -0.1) is 0 Å². The molecule has 1 unspecified atom stereocenters. The Hall–Kier alpha value is -0.840. The number of benzene rings is 1. The van der Waals surface area contributed by atoms with Crippen molar-refractivity contribution in [3.63, 3.8) is 0 Å². The number of rotatable bonds is 5. The molecule has 0 aliphatic heterocycles. The lowest BCUT2D eigenvalue weighted by Gasteiger charge is -2.21. The van der Waals surface area contributed by atoms with Gasteiger partial charge in [0.05, 0.1) is 11.7 Å². The molecule has 102 valence electrons. The largest absolute Gasteiger partial charge is 0.305 e. The summed E-state index contributed by atoms with van der Waals surface area (Å²) in [6, 6.07) is 7.99. The summed E-state index contributed by atoms with van der Waals surface area (Å²) in [4.78, 5) is 0. The van der Waals surface area contributed by atoms with Crippen molar-refractivity contribution in [2.45, 2.75) is 26.4 Å². The van der Waals surface area contributed by atoms with E-state index in [-0.39, 0.29) is 6.04 Å². The Kier molecular flexibility index (Phi) is 5.02. The van der Waals surface area contributed by atoms with Gasteiger partial charge in [-0.25, -0.2) is 0 Å². The van der Waals surface area contributed by atoms with Crippen LogP contribution in [0.4, 0.5) is 0 Å². The number of hydrogen-bond acceptors (Lipinski definition) is 2. The van der Waals surface area contributed by atoms with Crippen LogP contribution in [-0.2, 0) is 6.54 Å². The fourth-order valence-electron chi connectivity index (χ4n) is 2.17. The zero-order valence-corrected chi connectivity index (χ0v) is 13.4. The SMILES string of the molecule is CCNC(c1cc(Cl)ccc1Br)c1ccnn1CC. The van der Waals surface area contributed by atoms with Crippen LogP contribution in [0.1, 0.15) is 31.1 Å². The third-order valence-corrected chi connectivity index (χ3v) is 3.98. The van der Waals surface area contributed by atoms with E-state index in [1.54, 1.807) is 0 Å². The van der Waals surface area contributed by atoms with Crippen LogP contribution < -0.4 is 5.32 Å². The zero-order chi connectivity index (χ0) is 13.8. The van der Waals surface area contributed by atoms with Gasteiger partial charge in [0.1, 0.15) is 0 Å². The molecule has 0 amide bonds. The maximum absolute atomic E-state index is 6.13. The van der Waals surface area contributed by atoms with Gasteiger partial charge in [-0.3, -0.25) is 4.68 Å². The van der Waals surface area contributed by atoms with Gasteiger partial charge in [-0.2, -0.15) is 5.10 Å². The lowest BCUT2D eigenvalue weighted by Crippen LogP contribution is -2.25. The minimum atomic E-state index is 0.0838. The molecule has 1 aromatic carbocycles. The molecule has 1 atom stereocenters. The van der Waals surface area contributed by atoms with Crippen LogP contribution in [0.25, 0.3) is 0 Å². The van der Waals surface area contributed by atoms with Gasteiger partial charge < -0.3 is 5.32 Å². The van der Waals surface area contributed by atoms with Gasteiger partial charge in [0, 0.05) is 22.2 Å². The molecule has 0 spiro atoms. The first-order valence-corrected chi connectivity index (χ1v) is 7.54. The molecular formula is C14H17BrClN3. The monoisotopic (exact) mass is 341 g/mol. The molecule has 1 N–H and O–H groups in total. The highest BCUT2D eigenvalue weighted by Gasteiger charge is 2.19. The summed E-state index contributed by atoms with van der Waals surface area (Å²) < 4.78 is 3.05. The number of hydrogen-bond donors (Lipinski definition) is 1. The van der Waals surface area contributed by atoms with Crippen LogP contribution in [0.3, 0.4) is 0 Å². The van der Waals surface area contributed by atoms with Gasteiger partial charge in [0.2, 0.25) is 0 Å². The molecule has 0 aliphatic carbocycles. The predicted octanol–water partition coefficient (Wildman–Crippen LogP) is 4.02. The number of nitrogens with one attached hydrogen (secondary N) is 1. The van der Waals surface area contributed by atoms with Gasteiger partial charge in [-0.05, 0) is 43.3 Å². The van der Waals surface area contributed by atoms with Crippen molar-refractivity contribution in [3.05, 3.63) is 51.2 Å². The fraction of sp³-hybridized carbons (Fsp3) is 0.357. The van der Waals surface area contributed by atoms with Gasteiger partial charge in [-0.1, -0.05) is 34.5 Å². The molecule has 1 aromatic heterocycles. The molecular weight excluding hydrogens is 326 g/mol. The number of aryl methyl sites for hydroxylation is 1. The Morgan fingerprint density at radius 2 is 2.16 bits per heavy atom. The Morgan fingerprint density at radius 1 is 1.37 bits per heavy atom. The van der Waals surface area contributed by atoms with Crippen molar-refractivity contribution < 1.29 is 0 Å². The van der Waals surface area contributed by atoms with Crippen molar-refractivity contribution in [2.75, 3.05) is 6.54 Å². The second-order valence-corrected chi connectivity index (χ2v) is 5.52. The lowest BCUT2D eigenvalue weighted by atomic mass is 10.0. The van der Waals surface area contributed by atoms with Gasteiger partial charge in [0.25, 0.3) is 0 Å². The first kappa shape index (κ1) is 14.6. The van der Waals surface area contributed by atoms with E-state index in [0.717, 1.165) is 33.8 Å². The normalized spacial score (nSPS) is 12.6. The Balaban J connectivity index is 2.48. The maximum Gasteiger partial charge on any atom is 0.0759 e. The predicted molar refractivity (Wildman–Crippen MR) is 82.6 cm³/mol. The van der Waals surface area contributed by atoms with E-state index in [2.05, 4.69) is 40.2 Å². The summed E-state index contributed by atoms with van der Waals surface area (Å²) in [6.45, 7) is 5.91. The van der Waals surface area contributed by atoms with Gasteiger partial charge in [0.15, 0.2) is 0 Å². The number of nitrogens with zero attached hydrogens (tertiary/aromatic N) is 2. The Bertz CT molecular complexity index is 553. The Labute approximate surface area is 127 Å². The second kappa shape index (κ2) is 6.55. The Morgan fingerprint density at radius 3 is 2.84 bits per heavy atom. The topological polar surface area (TPSA) is 29.9 Å². The van der Waals surface area contributed by atoms with E-state index in [4.69, 9.17) is 11.6 Å². The first-order valence-electron chi connectivity index (χ1n) is 6.37. The van der Waals surface area contributed by atoms with E-state index in [1.165, 1.54) is 0 Å².